The van der Waals surface area contributed by atoms with Gasteiger partial charge in [-0.2, -0.15) is 0 Å². The number of thiazole rings is 1. The summed E-state index contributed by atoms with van der Waals surface area (Å²) in [5.41, 5.74) is 1.09. The number of halogens is 2. The molecule has 1 aliphatic heterocycles. The van der Waals surface area contributed by atoms with E-state index in [4.69, 9.17) is 16.3 Å². The molecule has 0 saturated heterocycles. The second-order valence-electron chi connectivity index (χ2n) is 9.25. The molecule has 2 aromatic carbocycles. The van der Waals surface area contributed by atoms with Crippen LogP contribution in [0.2, 0.25) is 5.02 Å². The smallest absolute Gasteiger partial charge is 0.272 e. The highest BCUT2D eigenvalue weighted by Gasteiger charge is 2.31. The molecule has 0 bridgehead atoms. The van der Waals surface area contributed by atoms with Gasteiger partial charge >= 0.3 is 0 Å². The molecular formula is C27H22ClFN4O4S. The Morgan fingerprint density at radius 3 is 2.87 bits per heavy atom. The van der Waals surface area contributed by atoms with Crippen molar-refractivity contribution in [3.63, 3.8) is 0 Å². The van der Waals surface area contributed by atoms with Gasteiger partial charge in [0, 0.05) is 29.8 Å². The van der Waals surface area contributed by atoms with Crippen molar-refractivity contribution < 1.29 is 23.8 Å². The van der Waals surface area contributed by atoms with E-state index in [9.17, 15) is 19.1 Å². The molecule has 8 nitrogen and oxygen atoms in total. The summed E-state index contributed by atoms with van der Waals surface area (Å²) in [6.07, 6.45) is 1.52. The van der Waals surface area contributed by atoms with Crippen molar-refractivity contribution in [3.05, 3.63) is 70.1 Å². The van der Waals surface area contributed by atoms with E-state index >= 15 is 0 Å². The molecule has 2 aromatic heterocycles. The number of carbonyl (C=O) groups is 2. The Hall–Kier alpha value is -3.91. The first kappa shape index (κ1) is 25.7. The molecule has 5 rings (SSSR count). The maximum atomic E-state index is 13.8. The minimum absolute atomic E-state index is 0.0804. The summed E-state index contributed by atoms with van der Waals surface area (Å²) in [4.78, 5) is 32.6. The van der Waals surface area contributed by atoms with Gasteiger partial charge in [-0.15, -0.1) is 11.3 Å². The van der Waals surface area contributed by atoms with E-state index in [1.54, 1.807) is 48.9 Å². The Morgan fingerprint density at radius 1 is 1.32 bits per heavy atom. The number of anilines is 1. The Kier molecular flexibility index (Phi) is 6.61. The summed E-state index contributed by atoms with van der Waals surface area (Å²) in [6.45, 7) is 3.08. The third-order valence-corrected chi connectivity index (χ3v) is 6.99. The average molecular weight is 553 g/mol. The lowest BCUT2D eigenvalue weighted by Crippen LogP contribution is -2.49. The van der Waals surface area contributed by atoms with Gasteiger partial charge in [0.15, 0.2) is 4.96 Å². The number of aliphatic hydroxyl groups is 1. The molecule has 1 atom stereocenters. The van der Waals surface area contributed by atoms with Crippen LogP contribution < -0.4 is 15.0 Å². The highest BCUT2D eigenvalue weighted by Crippen LogP contribution is 2.33. The van der Waals surface area contributed by atoms with Gasteiger partial charge in [0.25, 0.3) is 11.8 Å². The summed E-state index contributed by atoms with van der Waals surface area (Å²) in [6, 6.07) is 8.21. The fourth-order valence-corrected chi connectivity index (χ4v) is 5.01. The van der Waals surface area contributed by atoms with Crippen LogP contribution in [0.25, 0.3) is 16.2 Å². The van der Waals surface area contributed by atoms with Crippen LogP contribution in [0.15, 0.2) is 48.0 Å². The summed E-state index contributed by atoms with van der Waals surface area (Å²) in [5.74, 6) is 4.72. The number of rotatable bonds is 3. The first-order valence-corrected chi connectivity index (χ1v) is 12.8. The Bertz CT molecular complexity index is 1650. The van der Waals surface area contributed by atoms with Gasteiger partial charge in [-0.1, -0.05) is 23.4 Å². The zero-order valence-corrected chi connectivity index (χ0v) is 22.2. The van der Waals surface area contributed by atoms with Crippen molar-refractivity contribution in [2.45, 2.75) is 25.5 Å². The molecule has 3 heterocycles. The molecule has 0 spiro atoms. The number of fused-ring (bicyclic) bond motifs is 2. The van der Waals surface area contributed by atoms with Crippen LogP contribution in [0.5, 0.6) is 5.75 Å². The second-order valence-corrected chi connectivity index (χ2v) is 10.5. The lowest BCUT2D eigenvalue weighted by atomic mass is 10.1. The van der Waals surface area contributed by atoms with Gasteiger partial charge in [-0.3, -0.25) is 14.0 Å². The van der Waals surface area contributed by atoms with Crippen molar-refractivity contribution in [2.75, 3.05) is 18.6 Å². The number of nitrogens with one attached hydrogen (secondary N) is 1. The second kappa shape index (κ2) is 9.76. The van der Waals surface area contributed by atoms with E-state index in [1.807, 2.05) is 0 Å². The maximum Gasteiger partial charge on any atom is 0.272 e. The van der Waals surface area contributed by atoms with E-state index in [0.717, 1.165) is 0 Å². The topological polar surface area (TPSA) is 96.2 Å². The van der Waals surface area contributed by atoms with E-state index in [2.05, 4.69) is 22.1 Å². The molecule has 0 aliphatic carbocycles. The number of benzene rings is 2. The molecule has 4 aromatic rings. The van der Waals surface area contributed by atoms with Crippen LogP contribution in [0.1, 0.15) is 29.9 Å². The number of nitrogens with zero attached hydrogens (tertiary/aromatic N) is 3. The Labute approximate surface area is 226 Å². The van der Waals surface area contributed by atoms with E-state index in [0.29, 0.717) is 38.2 Å². The first-order valence-electron chi connectivity index (χ1n) is 11.5. The van der Waals surface area contributed by atoms with Crippen LogP contribution in [-0.4, -0.2) is 51.6 Å². The standard InChI is InChI=1S/C27H22ClFN4O4S/c1-27(2,36)9-8-15-4-7-23-21(10-15)32(3)25(35)20(13-37-23)30-24(34)19-12-33-22(14-38-26(33)31-19)17-11-16(29)5-6-18(17)28/h4-7,10-12,14,20,36H,13H2,1-3H3,(H,30,34)/t20-/m0/s1. The summed E-state index contributed by atoms with van der Waals surface area (Å²) in [7, 11) is 1.59. The molecular weight excluding hydrogens is 531 g/mol. The fourth-order valence-electron chi connectivity index (χ4n) is 3.92. The molecule has 2 N–H and O–H groups in total. The molecule has 38 heavy (non-hydrogen) atoms. The molecule has 1 aliphatic rings. The van der Waals surface area contributed by atoms with Gasteiger partial charge in [-0.25, -0.2) is 9.37 Å². The predicted molar refractivity (Wildman–Crippen MR) is 143 cm³/mol. The number of hydrogen-bond donors (Lipinski definition) is 2. The number of hydrogen-bond acceptors (Lipinski definition) is 6. The van der Waals surface area contributed by atoms with E-state index in [1.165, 1.54) is 40.6 Å². The van der Waals surface area contributed by atoms with E-state index in [-0.39, 0.29) is 18.2 Å². The Morgan fingerprint density at radius 2 is 2.11 bits per heavy atom. The van der Waals surface area contributed by atoms with E-state index < -0.39 is 23.4 Å². The zero-order chi connectivity index (χ0) is 27.2. The van der Waals surface area contributed by atoms with Crippen LogP contribution in [-0.2, 0) is 4.79 Å². The lowest BCUT2D eigenvalue weighted by molar-refractivity contribution is -0.120. The van der Waals surface area contributed by atoms with Gasteiger partial charge < -0.3 is 20.1 Å². The number of likely N-dealkylation sites (N-methyl/N-ethyl adjacent to an activating group) is 1. The summed E-state index contributed by atoms with van der Waals surface area (Å²) in [5, 5.41) is 14.7. The van der Waals surface area contributed by atoms with Crippen molar-refractivity contribution in [1.29, 1.82) is 0 Å². The summed E-state index contributed by atoms with van der Waals surface area (Å²) >= 11 is 7.54. The molecule has 0 fully saturated rings. The van der Waals surface area contributed by atoms with Crippen LogP contribution in [0.3, 0.4) is 0 Å². The maximum absolute atomic E-state index is 13.8. The van der Waals surface area contributed by atoms with Crippen LogP contribution in [0.4, 0.5) is 10.1 Å². The summed E-state index contributed by atoms with van der Waals surface area (Å²) < 4.78 is 21.3. The van der Waals surface area contributed by atoms with Crippen molar-refractivity contribution >= 4 is 45.4 Å². The fraction of sp³-hybridized carbons (Fsp3) is 0.222. The largest absolute Gasteiger partial charge is 0.489 e. The average Bonchev–Trinajstić information content (AvgIpc) is 3.44. The number of amides is 2. The molecule has 194 valence electrons. The highest BCUT2D eigenvalue weighted by atomic mass is 35.5. The van der Waals surface area contributed by atoms with Crippen LogP contribution >= 0.6 is 22.9 Å². The molecule has 2 amide bonds. The molecule has 0 radical (unpaired) electrons. The first-order chi connectivity index (χ1) is 18.0. The molecule has 0 unspecified atom stereocenters. The molecule has 0 saturated carbocycles. The van der Waals surface area contributed by atoms with Crippen molar-refractivity contribution in [1.82, 2.24) is 14.7 Å². The third kappa shape index (κ3) is 5.09. The van der Waals surface area contributed by atoms with Gasteiger partial charge in [0.05, 0.1) is 16.4 Å². The minimum atomic E-state index is -1.16. The minimum Gasteiger partial charge on any atom is -0.489 e. The lowest BCUT2D eigenvalue weighted by Gasteiger charge is -2.20. The normalized spacial score (nSPS) is 15.4. The number of carbonyl (C=O) groups excluding carboxylic acids is 2. The number of ether oxygens (including phenoxy) is 1. The highest BCUT2D eigenvalue weighted by molar-refractivity contribution is 7.15. The van der Waals surface area contributed by atoms with Gasteiger partial charge in [0.2, 0.25) is 0 Å². The van der Waals surface area contributed by atoms with Gasteiger partial charge in [0.1, 0.15) is 35.5 Å². The predicted octanol–water partition coefficient (Wildman–Crippen LogP) is 4.13. The number of aromatic nitrogens is 2. The third-order valence-electron chi connectivity index (χ3n) is 5.82. The monoisotopic (exact) mass is 552 g/mol. The van der Waals surface area contributed by atoms with Gasteiger partial charge in [-0.05, 0) is 50.2 Å². The SMILES string of the molecule is CN1C(=O)[C@@H](NC(=O)c2cn3c(-c4cc(F)ccc4Cl)csc3n2)COc2ccc(C#CC(C)(C)O)cc21. The van der Waals surface area contributed by atoms with Crippen molar-refractivity contribution in [2.24, 2.45) is 0 Å². The number of imidazole rings is 1. The zero-order valence-electron chi connectivity index (χ0n) is 20.6. The van der Waals surface area contributed by atoms with Crippen molar-refractivity contribution in [3.8, 4) is 28.8 Å². The quantitative estimate of drug-likeness (QED) is 0.373. The van der Waals surface area contributed by atoms with Crippen LogP contribution in [0, 0.1) is 17.7 Å². The molecule has 11 heteroatoms. The Balaban J connectivity index is 1.37.